The van der Waals surface area contributed by atoms with Gasteiger partial charge in [-0.3, -0.25) is 9.59 Å². The Kier molecular flexibility index (Phi) is 4.31. The smallest absolute Gasteiger partial charge is 0.251 e. The Balaban J connectivity index is 2.76. The van der Waals surface area contributed by atoms with Crippen LogP contribution in [-0.4, -0.2) is 17.7 Å². The fourth-order valence-electron chi connectivity index (χ4n) is 1.30. The lowest BCUT2D eigenvalue weighted by atomic mass is 10.1. The van der Waals surface area contributed by atoms with Crippen molar-refractivity contribution in [3.8, 4) is 0 Å². The molecule has 0 saturated carbocycles. The molecule has 1 unspecified atom stereocenters. The summed E-state index contributed by atoms with van der Waals surface area (Å²) in [5, 5.41) is 2.42. The SMILES string of the molecule is CCC(=O)C(C)NC(=O)c1ccc(F)c(F)c1. The van der Waals surface area contributed by atoms with Gasteiger partial charge in [0.2, 0.25) is 0 Å². The van der Waals surface area contributed by atoms with E-state index in [9.17, 15) is 18.4 Å². The Morgan fingerprint density at radius 2 is 1.94 bits per heavy atom. The Bertz CT molecular complexity index is 446. The number of rotatable bonds is 4. The molecule has 1 N–H and O–H groups in total. The van der Waals surface area contributed by atoms with Crippen LogP contribution < -0.4 is 5.32 Å². The van der Waals surface area contributed by atoms with Crippen LogP contribution in [0, 0.1) is 11.6 Å². The van der Waals surface area contributed by atoms with Crippen molar-refractivity contribution < 1.29 is 18.4 Å². The van der Waals surface area contributed by atoms with E-state index >= 15 is 0 Å². The lowest BCUT2D eigenvalue weighted by Gasteiger charge is -2.11. The van der Waals surface area contributed by atoms with Gasteiger partial charge < -0.3 is 5.32 Å². The van der Waals surface area contributed by atoms with Crippen LogP contribution in [0.3, 0.4) is 0 Å². The lowest BCUT2D eigenvalue weighted by Crippen LogP contribution is -2.38. The Morgan fingerprint density at radius 3 is 2.47 bits per heavy atom. The molecule has 0 aliphatic heterocycles. The van der Waals surface area contributed by atoms with Gasteiger partial charge in [0.05, 0.1) is 6.04 Å². The predicted molar refractivity (Wildman–Crippen MR) is 58.6 cm³/mol. The molecule has 0 saturated heterocycles. The van der Waals surface area contributed by atoms with Gasteiger partial charge in [-0.2, -0.15) is 0 Å². The molecule has 0 radical (unpaired) electrons. The van der Waals surface area contributed by atoms with Crippen molar-refractivity contribution in [2.24, 2.45) is 0 Å². The number of Topliss-reactive ketones (excluding diaryl/α,β-unsaturated/α-hetero) is 1. The molecule has 1 aromatic rings. The van der Waals surface area contributed by atoms with E-state index in [1.54, 1.807) is 13.8 Å². The molecule has 1 atom stereocenters. The third kappa shape index (κ3) is 3.34. The number of benzene rings is 1. The first-order valence-electron chi connectivity index (χ1n) is 5.24. The molecule has 1 aromatic carbocycles. The summed E-state index contributed by atoms with van der Waals surface area (Å²) in [4.78, 5) is 22.8. The molecule has 0 heterocycles. The zero-order valence-corrected chi connectivity index (χ0v) is 9.59. The van der Waals surface area contributed by atoms with Gasteiger partial charge in [-0.05, 0) is 25.1 Å². The first-order valence-corrected chi connectivity index (χ1v) is 5.24. The quantitative estimate of drug-likeness (QED) is 0.877. The summed E-state index contributed by atoms with van der Waals surface area (Å²) in [5.74, 6) is -2.83. The van der Waals surface area contributed by atoms with Crippen LogP contribution in [-0.2, 0) is 4.79 Å². The number of hydrogen-bond donors (Lipinski definition) is 1. The van der Waals surface area contributed by atoms with Crippen LogP contribution in [0.25, 0.3) is 0 Å². The standard InChI is InChI=1S/C12H13F2NO2/c1-3-11(16)7(2)15-12(17)8-4-5-9(13)10(14)6-8/h4-7H,3H2,1-2H3,(H,15,17). The van der Waals surface area contributed by atoms with E-state index in [0.29, 0.717) is 6.42 Å². The van der Waals surface area contributed by atoms with E-state index in [0.717, 1.165) is 18.2 Å². The third-order valence-electron chi connectivity index (χ3n) is 2.36. The summed E-state index contributed by atoms with van der Waals surface area (Å²) in [7, 11) is 0. The van der Waals surface area contributed by atoms with Crippen LogP contribution >= 0.6 is 0 Å². The van der Waals surface area contributed by atoms with Crippen LogP contribution in [0.2, 0.25) is 0 Å². The summed E-state index contributed by atoms with van der Waals surface area (Å²) in [6.07, 6.45) is 0.305. The summed E-state index contributed by atoms with van der Waals surface area (Å²) < 4.78 is 25.5. The second-order valence-corrected chi connectivity index (χ2v) is 3.64. The summed E-state index contributed by atoms with van der Waals surface area (Å²) in [6.45, 7) is 3.23. The van der Waals surface area contributed by atoms with E-state index in [-0.39, 0.29) is 11.3 Å². The minimum Gasteiger partial charge on any atom is -0.343 e. The average Bonchev–Trinajstić information content (AvgIpc) is 2.31. The highest BCUT2D eigenvalue weighted by Gasteiger charge is 2.15. The highest BCUT2D eigenvalue weighted by molar-refractivity contribution is 5.97. The molecule has 0 aromatic heterocycles. The molecular formula is C12H13F2NO2. The maximum absolute atomic E-state index is 12.9. The van der Waals surface area contributed by atoms with E-state index < -0.39 is 23.6 Å². The molecule has 0 aliphatic rings. The van der Waals surface area contributed by atoms with Gasteiger partial charge in [0.15, 0.2) is 17.4 Å². The van der Waals surface area contributed by atoms with Gasteiger partial charge in [-0.15, -0.1) is 0 Å². The van der Waals surface area contributed by atoms with E-state index in [1.807, 2.05) is 0 Å². The van der Waals surface area contributed by atoms with Gasteiger partial charge in [0.25, 0.3) is 5.91 Å². The Labute approximate surface area is 97.8 Å². The maximum Gasteiger partial charge on any atom is 0.251 e. The second kappa shape index (κ2) is 5.52. The van der Waals surface area contributed by atoms with Crippen LogP contribution in [0.1, 0.15) is 30.6 Å². The number of ketones is 1. The number of halogens is 2. The monoisotopic (exact) mass is 241 g/mol. The zero-order valence-electron chi connectivity index (χ0n) is 9.59. The van der Waals surface area contributed by atoms with Gasteiger partial charge in [0, 0.05) is 12.0 Å². The van der Waals surface area contributed by atoms with Crippen LogP contribution in [0.5, 0.6) is 0 Å². The lowest BCUT2D eigenvalue weighted by molar-refractivity contribution is -0.120. The topological polar surface area (TPSA) is 46.2 Å². The molecule has 3 nitrogen and oxygen atoms in total. The first-order chi connectivity index (χ1) is 7.95. The molecule has 1 amide bonds. The molecule has 17 heavy (non-hydrogen) atoms. The molecule has 0 spiro atoms. The van der Waals surface area contributed by atoms with Gasteiger partial charge >= 0.3 is 0 Å². The number of carbonyl (C=O) groups is 2. The summed E-state index contributed by atoms with van der Waals surface area (Å²) in [5.41, 5.74) is -0.0142. The fraction of sp³-hybridized carbons (Fsp3) is 0.333. The minimum atomic E-state index is -1.09. The first kappa shape index (κ1) is 13.3. The molecule has 5 heteroatoms. The number of nitrogens with one attached hydrogen (secondary N) is 1. The summed E-state index contributed by atoms with van der Waals surface area (Å²) >= 11 is 0. The van der Waals surface area contributed by atoms with Crippen LogP contribution in [0.4, 0.5) is 8.78 Å². The normalized spacial score (nSPS) is 12.0. The van der Waals surface area contributed by atoms with Gasteiger partial charge in [0.1, 0.15) is 0 Å². The molecule has 92 valence electrons. The summed E-state index contributed by atoms with van der Waals surface area (Å²) in [6, 6.07) is 2.20. The Morgan fingerprint density at radius 1 is 1.29 bits per heavy atom. The molecule has 1 rings (SSSR count). The van der Waals surface area contributed by atoms with E-state index in [2.05, 4.69) is 5.32 Å². The Hall–Kier alpha value is -1.78. The molecule has 0 aliphatic carbocycles. The van der Waals surface area contributed by atoms with Crippen molar-refractivity contribution in [2.75, 3.05) is 0 Å². The average molecular weight is 241 g/mol. The maximum atomic E-state index is 12.9. The predicted octanol–water partition coefficient (Wildman–Crippen LogP) is 2.06. The van der Waals surface area contributed by atoms with Crippen molar-refractivity contribution in [3.63, 3.8) is 0 Å². The molecular weight excluding hydrogens is 228 g/mol. The number of carbonyl (C=O) groups excluding carboxylic acids is 2. The largest absolute Gasteiger partial charge is 0.343 e. The third-order valence-corrected chi connectivity index (χ3v) is 2.36. The van der Waals surface area contributed by atoms with Gasteiger partial charge in [-0.1, -0.05) is 6.92 Å². The highest BCUT2D eigenvalue weighted by atomic mass is 19.2. The van der Waals surface area contributed by atoms with Crippen LogP contribution in [0.15, 0.2) is 18.2 Å². The van der Waals surface area contributed by atoms with E-state index in [4.69, 9.17) is 0 Å². The van der Waals surface area contributed by atoms with Crippen molar-refractivity contribution in [1.29, 1.82) is 0 Å². The fourth-order valence-corrected chi connectivity index (χ4v) is 1.30. The minimum absolute atomic E-state index is 0.0142. The number of amides is 1. The van der Waals surface area contributed by atoms with Crippen molar-refractivity contribution >= 4 is 11.7 Å². The number of hydrogen-bond acceptors (Lipinski definition) is 2. The van der Waals surface area contributed by atoms with Crippen molar-refractivity contribution in [3.05, 3.63) is 35.4 Å². The van der Waals surface area contributed by atoms with Crippen molar-refractivity contribution in [2.45, 2.75) is 26.3 Å². The zero-order chi connectivity index (χ0) is 13.0. The molecule has 0 fully saturated rings. The highest BCUT2D eigenvalue weighted by Crippen LogP contribution is 2.08. The van der Waals surface area contributed by atoms with E-state index in [1.165, 1.54) is 0 Å². The molecule has 0 bridgehead atoms. The van der Waals surface area contributed by atoms with Crippen molar-refractivity contribution in [1.82, 2.24) is 5.32 Å². The second-order valence-electron chi connectivity index (χ2n) is 3.64. The van der Waals surface area contributed by atoms with Gasteiger partial charge in [-0.25, -0.2) is 8.78 Å².